The second-order valence-electron chi connectivity index (χ2n) is 4.01. The normalized spacial score (nSPS) is 17.5. The molecule has 1 aliphatic carbocycles. The monoisotopic (exact) mass is 210 g/mol. The molecule has 0 aromatic heterocycles. The van der Waals surface area contributed by atoms with Gasteiger partial charge in [-0.3, -0.25) is 4.79 Å². The Labute approximate surface area is 86.2 Å². The average molecular weight is 210 g/mol. The van der Waals surface area contributed by atoms with E-state index in [0.717, 1.165) is 6.07 Å². The summed E-state index contributed by atoms with van der Waals surface area (Å²) in [6.45, 7) is 1.68. The van der Waals surface area contributed by atoms with E-state index in [9.17, 15) is 9.18 Å². The summed E-state index contributed by atoms with van der Waals surface area (Å²) < 4.78 is 13.1. The number of aryl methyl sites for hydroxylation is 1. The number of hydrogen-bond donors (Lipinski definition) is 2. The Balaban J connectivity index is 2.54. The fourth-order valence-electron chi connectivity index (χ4n) is 1.91. The summed E-state index contributed by atoms with van der Waals surface area (Å²) in [5, 5.41) is 18.2. The summed E-state index contributed by atoms with van der Waals surface area (Å²) in [5.74, 6) is -2.11. The topological polar surface area (TPSA) is 57.5 Å². The van der Waals surface area contributed by atoms with Crippen LogP contribution in [0.2, 0.25) is 0 Å². The van der Waals surface area contributed by atoms with E-state index in [1.54, 1.807) is 6.92 Å². The number of carbonyl (C=O) groups is 1. The van der Waals surface area contributed by atoms with Crippen LogP contribution in [0, 0.1) is 12.7 Å². The highest BCUT2D eigenvalue weighted by molar-refractivity contribution is 5.85. The van der Waals surface area contributed by atoms with Crippen LogP contribution in [0.1, 0.15) is 24.0 Å². The van der Waals surface area contributed by atoms with Gasteiger partial charge >= 0.3 is 5.97 Å². The van der Waals surface area contributed by atoms with Crippen LogP contribution >= 0.6 is 0 Å². The van der Waals surface area contributed by atoms with Crippen molar-refractivity contribution >= 4 is 5.97 Å². The molecular weight excluding hydrogens is 199 g/mol. The molecule has 0 bridgehead atoms. The molecule has 3 nitrogen and oxygen atoms in total. The highest BCUT2D eigenvalue weighted by atomic mass is 19.1. The zero-order valence-electron chi connectivity index (χ0n) is 8.25. The van der Waals surface area contributed by atoms with E-state index in [2.05, 4.69) is 0 Å². The Morgan fingerprint density at radius 1 is 1.47 bits per heavy atom. The van der Waals surface area contributed by atoms with Gasteiger partial charge in [-0.15, -0.1) is 0 Å². The molecular formula is C11H11FO3. The quantitative estimate of drug-likeness (QED) is 0.784. The van der Waals surface area contributed by atoms with E-state index < -0.39 is 23.0 Å². The van der Waals surface area contributed by atoms with E-state index in [0.29, 0.717) is 24.0 Å². The molecule has 1 fully saturated rings. The van der Waals surface area contributed by atoms with Crippen LogP contribution in [0.3, 0.4) is 0 Å². The van der Waals surface area contributed by atoms with Crippen LogP contribution < -0.4 is 0 Å². The van der Waals surface area contributed by atoms with Crippen LogP contribution in [0.4, 0.5) is 4.39 Å². The lowest BCUT2D eigenvalue weighted by Crippen LogP contribution is -2.20. The third-order valence-corrected chi connectivity index (χ3v) is 2.97. The van der Waals surface area contributed by atoms with Crippen molar-refractivity contribution in [3.8, 4) is 5.75 Å². The number of aromatic hydroxyl groups is 1. The molecule has 1 aliphatic rings. The fraction of sp³-hybridized carbons (Fsp3) is 0.364. The number of rotatable bonds is 2. The SMILES string of the molecule is Cc1cc(O)c(F)cc1C1(C(=O)O)CC1. The number of benzene rings is 1. The molecule has 0 aliphatic heterocycles. The first-order chi connectivity index (χ1) is 6.97. The molecule has 4 heteroatoms. The molecule has 0 amide bonds. The molecule has 1 saturated carbocycles. The van der Waals surface area contributed by atoms with E-state index in [1.165, 1.54) is 6.07 Å². The molecule has 2 rings (SSSR count). The van der Waals surface area contributed by atoms with Crippen molar-refractivity contribution in [3.63, 3.8) is 0 Å². The zero-order valence-corrected chi connectivity index (χ0v) is 8.25. The minimum atomic E-state index is -0.921. The van der Waals surface area contributed by atoms with Gasteiger partial charge in [0.25, 0.3) is 0 Å². The molecule has 1 aromatic rings. The third kappa shape index (κ3) is 1.37. The standard InChI is InChI=1S/C11H11FO3/c1-6-4-9(13)8(12)5-7(6)11(2-3-11)10(14)15/h4-5,13H,2-3H2,1H3,(H,14,15). The van der Waals surface area contributed by atoms with Crippen LogP contribution in [0.5, 0.6) is 5.75 Å². The molecule has 0 atom stereocenters. The van der Waals surface area contributed by atoms with Crippen molar-refractivity contribution in [2.75, 3.05) is 0 Å². The van der Waals surface area contributed by atoms with Crippen molar-refractivity contribution in [3.05, 3.63) is 29.1 Å². The first-order valence-corrected chi connectivity index (χ1v) is 4.70. The molecule has 0 saturated heterocycles. The lowest BCUT2D eigenvalue weighted by atomic mass is 9.91. The Hall–Kier alpha value is -1.58. The van der Waals surface area contributed by atoms with Crippen molar-refractivity contribution in [1.29, 1.82) is 0 Å². The van der Waals surface area contributed by atoms with Gasteiger partial charge in [0.2, 0.25) is 0 Å². The highest BCUT2D eigenvalue weighted by Crippen LogP contribution is 2.50. The highest BCUT2D eigenvalue weighted by Gasteiger charge is 2.52. The summed E-state index contributed by atoms with van der Waals surface area (Å²) in [4.78, 5) is 11.0. The molecule has 0 radical (unpaired) electrons. The fourth-order valence-corrected chi connectivity index (χ4v) is 1.91. The van der Waals surface area contributed by atoms with Crippen molar-refractivity contribution in [2.45, 2.75) is 25.2 Å². The second-order valence-corrected chi connectivity index (χ2v) is 4.01. The van der Waals surface area contributed by atoms with Gasteiger partial charge in [-0.1, -0.05) is 0 Å². The number of carboxylic acid groups (broad SMARTS) is 1. The maximum Gasteiger partial charge on any atom is 0.314 e. The van der Waals surface area contributed by atoms with E-state index >= 15 is 0 Å². The Bertz CT molecular complexity index is 436. The third-order valence-electron chi connectivity index (χ3n) is 2.97. The predicted octanol–water partition coefficient (Wildman–Crippen LogP) is 1.96. The second kappa shape index (κ2) is 2.95. The number of halogens is 1. The summed E-state index contributed by atoms with van der Waals surface area (Å²) in [5.41, 5.74) is 0.178. The number of aliphatic carboxylic acids is 1. The number of hydrogen-bond acceptors (Lipinski definition) is 2. The molecule has 80 valence electrons. The molecule has 0 spiro atoms. The maximum absolute atomic E-state index is 13.1. The molecule has 0 heterocycles. The van der Waals surface area contributed by atoms with Crippen LogP contribution in [-0.4, -0.2) is 16.2 Å². The van der Waals surface area contributed by atoms with E-state index in [1.807, 2.05) is 0 Å². The maximum atomic E-state index is 13.1. The first-order valence-electron chi connectivity index (χ1n) is 4.70. The van der Waals surface area contributed by atoms with Gasteiger partial charge in [0.1, 0.15) is 0 Å². The van der Waals surface area contributed by atoms with E-state index in [4.69, 9.17) is 10.2 Å². The summed E-state index contributed by atoms with van der Waals surface area (Å²) in [6.07, 6.45) is 1.07. The predicted molar refractivity (Wildman–Crippen MR) is 51.3 cm³/mol. The van der Waals surface area contributed by atoms with Gasteiger partial charge in [-0.25, -0.2) is 4.39 Å². The summed E-state index contributed by atoms with van der Waals surface area (Å²) in [7, 11) is 0. The molecule has 1 aromatic carbocycles. The Kier molecular flexibility index (Phi) is 1.96. The lowest BCUT2D eigenvalue weighted by Gasteiger charge is -2.13. The lowest BCUT2D eigenvalue weighted by molar-refractivity contribution is -0.140. The van der Waals surface area contributed by atoms with Gasteiger partial charge in [0, 0.05) is 0 Å². The van der Waals surface area contributed by atoms with Crippen molar-refractivity contribution in [1.82, 2.24) is 0 Å². The summed E-state index contributed by atoms with van der Waals surface area (Å²) in [6, 6.07) is 2.40. The number of phenols is 1. The largest absolute Gasteiger partial charge is 0.505 e. The average Bonchev–Trinajstić information content (AvgIpc) is 2.92. The van der Waals surface area contributed by atoms with Crippen molar-refractivity contribution < 1.29 is 19.4 Å². The van der Waals surface area contributed by atoms with Crippen LogP contribution in [0.25, 0.3) is 0 Å². The smallest absolute Gasteiger partial charge is 0.314 e. The first kappa shape index (κ1) is 9.96. The Morgan fingerprint density at radius 3 is 2.53 bits per heavy atom. The Morgan fingerprint density at radius 2 is 2.07 bits per heavy atom. The van der Waals surface area contributed by atoms with E-state index in [-0.39, 0.29) is 0 Å². The van der Waals surface area contributed by atoms with Crippen LogP contribution in [-0.2, 0) is 10.2 Å². The molecule has 15 heavy (non-hydrogen) atoms. The minimum absolute atomic E-state index is 0.433. The van der Waals surface area contributed by atoms with Crippen molar-refractivity contribution in [2.24, 2.45) is 0 Å². The minimum Gasteiger partial charge on any atom is -0.505 e. The van der Waals surface area contributed by atoms with Gasteiger partial charge in [-0.05, 0) is 43.0 Å². The van der Waals surface area contributed by atoms with Crippen LogP contribution in [0.15, 0.2) is 12.1 Å². The van der Waals surface area contributed by atoms with Gasteiger partial charge in [0.15, 0.2) is 11.6 Å². The van der Waals surface area contributed by atoms with Gasteiger partial charge in [-0.2, -0.15) is 0 Å². The van der Waals surface area contributed by atoms with Gasteiger partial charge < -0.3 is 10.2 Å². The number of carboxylic acids is 1. The van der Waals surface area contributed by atoms with Gasteiger partial charge in [0.05, 0.1) is 5.41 Å². The molecule has 2 N–H and O–H groups in total. The number of phenolic OH excluding ortho intramolecular Hbond substituents is 1. The summed E-state index contributed by atoms with van der Waals surface area (Å²) >= 11 is 0. The zero-order chi connectivity index (χ0) is 11.2. The molecule has 0 unspecified atom stereocenters.